The Morgan fingerprint density at radius 1 is 1.10 bits per heavy atom. The molecule has 0 saturated heterocycles. The van der Waals surface area contributed by atoms with Crippen molar-refractivity contribution in [2.45, 2.75) is 24.2 Å². The number of aromatic nitrogens is 2. The molecule has 0 atom stereocenters. The summed E-state index contributed by atoms with van der Waals surface area (Å²) in [4.78, 5) is 11.5. The van der Waals surface area contributed by atoms with E-state index in [-0.39, 0.29) is 12.4 Å². The van der Waals surface area contributed by atoms with E-state index >= 15 is 0 Å². The Bertz CT molecular complexity index is 1020. The maximum absolute atomic E-state index is 6.12. The van der Waals surface area contributed by atoms with Gasteiger partial charge in [-0.25, -0.2) is 9.97 Å². The van der Waals surface area contributed by atoms with Gasteiger partial charge in [-0.3, -0.25) is 0 Å². The molecular formula is C21H20ClN3OS3. The number of hydrogen-bond donors (Lipinski definition) is 1. The molecule has 0 aliphatic rings. The van der Waals surface area contributed by atoms with E-state index in [1.165, 1.54) is 4.88 Å². The lowest BCUT2D eigenvalue weighted by Crippen LogP contribution is -2.01. The minimum atomic E-state index is 0. The van der Waals surface area contributed by atoms with Gasteiger partial charge in [0.1, 0.15) is 6.61 Å². The topological polar surface area (TPSA) is 47.0 Å². The van der Waals surface area contributed by atoms with Crippen molar-refractivity contribution in [3.05, 3.63) is 81.6 Å². The maximum Gasteiger partial charge on any atom is 0.188 e. The highest BCUT2D eigenvalue weighted by atomic mass is 35.5. The van der Waals surface area contributed by atoms with Crippen molar-refractivity contribution in [2.24, 2.45) is 0 Å². The lowest BCUT2D eigenvalue weighted by molar-refractivity contribution is 0.306. The molecule has 29 heavy (non-hydrogen) atoms. The molecule has 1 N–H and O–H groups in total. The quantitative estimate of drug-likeness (QED) is 0.288. The van der Waals surface area contributed by atoms with Gasteiger partial charge in [-0.2, -0.15) is 0 Å². The number of anilines is 2. The molecule has 4 aromatic rings. The van der Waals surface area contributed by atoms with Crippen LogP contribution in [0, 0.1) is 6.92 Å². The van der Waals surface area contributed by atoms with E-state index in [9.17, 15) is 0 Å². The zero-order chi connectivity index (χ0) is 19.2. The van der Waals surface area contributed by atoms with Crippen LogP contribution in [-0.4, -0.2) is 9.97 Å². The van der Waals surface area contributed by atoms with Crippen molar-refractivity contribution < 1.29 is 4.74 Å². The highest BCUT2D eigenvalue weighted by molar-refractivity contribution is 7.98. The summed E-state index contributed by atoms with van der Waals surface area (Å²) >= 11 is 5.09. The van der Waals surface area contributed by atoms with Gasteiger partial charge in [-0.05, 0) is 30.0 Å². The Morgan fingerprint density at radius 3 is 2.69 bits per heavy atom. The van der Waals surface area contributed by atoms with E-state index in [2.05, 4.69) is 51.0 Å². The van der Waals surface area contributed by atoms with Gasteiger partial charge in [0, 0.05) is 27.1 Å². The average molecular weight is 462 g/mol. The lowest BCUT2D eigenvalue weighted by Gasteiger charge is -2.13. The number of thioether (sulfide) groups is 1. The van der Waals surface area contributed by atoms with Gasteiger partial charge >= 0.3 is 0 Å². The zero-order valence-corrected chi connectivity index (χ0v) is 19.0. The van der Waals surface area contributed by atoms with Crippen molar-refractivity contribution in [2.75, 3.05) is 5.32 Å². The smallest absolute Gasteiger partial charge is 0.188 e. The first kappa shape index (κ1) is 21.6. The number of benzene rings is 1. The van der Waals surface area contributed by atoms with Crippen molar-refractivity contribution in [3.63, 3.8) is 0 Å². The Labute approximate surface area is 188 Å². The largest absolute Gasteiger partial charge is 0.485 e. The van der Waals surface area contributed by atoms with E-state index in [0.29, 0.717) is 12.4 Å². The summed E-state index contributed by atoms with van der Waals surface area (Å²) in [5.74, 6) is 2.34. The van der Waals surface area contributed by atoms with Crippen molar-refractivity contribution >= 4 is 57.8 Å². The standard InChI is InChI=1S/C21H19N3OS3.ClH/c1-15-13-28-21(23-15)24-20-19(25-12-16-6-3-2-4-7-16)10-18(11-22-20)27-14-17-8-5-9-26-17;/h2-11,13H,12,14H2,1H3,(H,22,23,24);1H. The van der Waals surface area contributed by atoms with Crippen LogP contribution in [0.1, 0.15) is 16.1 Å². The molecule has 0 fully saturated rings. The minimum Gasteiger partial charge on any atom is -0.485 e. The first-order valence-electron chi connectivity index (χ1n) is 8.77. The molecule has 4 rings (SSSR count). The fourth-order valence-corrected chi connectivity index (χ4v) is 4.85. The van der Waals surface area contributed by atoms with Crippen molar-refractivity contribution in [1.82, 2.24) is 9.97 Å². The van der Waals surface area contributed by atoms with Crippen molar-refractivity contribution in [1.29, 1.82) is 0 Å². The predicted octanol–water partition coefficient (Wildman–Crippen LogP) is 6.94. The lowest BCUT2D eigenvalue weighted by atomic mass is 10.2. The van der Waals surface area contributed by atoms with Crippen LogP contribution in [0.15, 0.2) is 70.4 Å². The molecule has 0 saturated carbocycles. The van der Waals surface area contributed by atoms with Crippen LogP contribution in [0.25, 0.3) is 0 Å². The molecule has 8 heteroatoms. The Hall–Kier alpha value is -2.06. The van der Waals surface area contributed by atoms with E-state index in [4.69, 9.17) is 4.74 Å². The van der Waals surface area contributed by atoms with Gasteiger partial charge in [0.25, 0.3) is 0 Å². The molecule has 0 aliphatic carbocycles. The van der Waals surface area contributed by atoms with E-state index in [0.717, 1.165) is 32.8 Å². The summed E-state index contributed by atoms with van der Waals surface area (Å²) in [6.07, 6.45) is 1.89. The summed E-state index contributed by atoms with van der Waals surface area (Å²) in [5.41, 5.74) is 2.11. The van der Waals surface area contributed by atoms with E-state index in [1.807, 2.05) is 36.7 Å². The third-order valence-corrected chi connectivity index (χ3v) is 6.82. The molecule has 0 bridgehead atoms. The van der Waals surface area contributed by atoms with Crippen molar-refractivity contribution in [3.8, 4) is 5.75 Å². The second-order valence-corrected chi connectivity index (χ2v) is 9.02. The number of thiazole rings is 1. The van der Waals surface area contributed by atoms with Crippen LogP contribution in [-0.2, 0) is 12.4 Å². The summed E-state index contributed by atoms with van der Waals surface area (Å²) in [6, 6.07) is 16.4. The van der Waals surface area contributed by atoms with Crippen LogP contribution < -0.4 is 10.1 Å². The average Bonchev–Trinajstić information content (AvgIpc) is 3.38. The molecular weight excluding hydrogens is 442 g/mol. The molecule has 1 aromatic carbocycles. The number of aryl methyl sites for hydroxylation is 1. The molecule has 0 amide bonds. The van der Waals surface area contributed by atoms with Crippen LogP contribution in [0.4, 0.5) is 10.9 Å². The number of halogens is 1. The highest BCUT2D eigenvalue weighted by Crippen LogP contribution is 2.33. The number of hydrogen-bond acceptors (Lipinski definition) is 7. The second kappa shape index (κ2) is 10.6. The highest BCUT2D eigenvalue weighted by Gasteiger charge is 2.11. The third-order valence-electron chi connectivity index (χ3n) is 3.87. The van der Waals surface area contributed by atoms with Gasteiger partial charge in [-0.15, -0.1) is 46.8 Å². The van der Waals surface area contributed by atoms with Gasteiger partial charge in [0.15, 0.2) is 16.7 Å². The predicted molar refractivity (Wildman–Crippen MR) is 126 cm³/mol. The third kappa shape index (κ3) is 6.21. The summed E-state index contributed by atoms with van der Waals surface area (Å²) in [5, 5.41) is 8.22. The second-order valence-electron chi connectivity index (χ2n) is 6.08. The first-order chi connectivity index (χ1) is 13.8. The van der Waals surface area contributed by atoms with Gasteiger partial charge in [-0.1, -0.05) is 36.4 Å². The summed E-state index contributed by atoms with van der Waals surface area (Å²) in [6.45, 7) is 2.47. The van der Waals surface area contributed by atoms with Gasteiger partial charge in [0.2, 0.25) is 0 Å². The molecule has 0 aliphatic heterocycles. The Morgan fingerprint density at radius 2 is 1.97 bits per heavy atom. The SMILES string of the molecule is Cc1csc(Nc2ncc(SCc3cccs3)cc2OCc2ccccc2)n1.Cl. The monoisotopic (exact) mass is 461 g/mol. The molecule has 150 valence electrons. The molecule has 0 radical (unpaired) electrons. The fraction of sp³-hybridized carbons (Fsp3) is 0.143. The molecule has 3 heterocycles. The number of nitrogens with one attached hydrogen (secondary N) is 1. The summed E-state index contributed by atoms with van der Waals surface area (Å²) < 4.78 is 6.12. The number of thiophene rings is 1. The molecule has 3 aromatic heterocycles. The summed E-state index contributed by atoms with van der Waals surface area (Å²) in [7, 11) is 0. The minimum absolute atomic E-state index is 0. The fourth-order valence-electron chi connectivity index (χ4n) is 2.51. The van der Waals surface area contributed by atoms with Gasteiger partial charge in [0.05, 0.1) is 5.69 Å². The van der Waals surface area contributed by atoms with Gasteiger partial charge < -0.3 is 10.1 Å². The van der Waals surface area contributed by atoms with E-state index < -0.39 is 0 Å². The number of rotatable bonds is 8. The molecule has 0 spiro atoms. The maximum atomic E-state index is 6.12. The zero-order valence-electron chi connectivity index (χ0n) is 15.7. The van der Waals surface area contributed by atoms with Crippen LogP contribution in [0.3, 0.4) is 0 Å². The number of nitrogens with zero attached hydrogens (tertiary/aromatic N) is 2. The van der Waals surface area contributed by atoms with Crippen LogP contribution >= 0.6 is 46.8 Å². The Balaban J connectivity index is 0.00000240. The van der Waals surface area contributed by atoms with Crippen LogP contribution in [0.2, 0.25) is 0 Å². The first-order valence-corrected chi connectivity index (χ1v) is 11.5. The number of ether oxygens (including phenoxy) is 1. The molecule has 0 unspecified atom stereocenters. The number of pyridine rings is 1. The molecule has 4 nitrogen and oxygen atoms in total. The normalized spacial score (nSPS) is 10.4. The van der Waals surface area contributed by atoms with Crippen LogP contribution in [0.5, 0.6) is 5.75 Å². The van der Waals surface area contributed by atoms with E-state index in [1.54, 1.807) is 34.4 Å². The Kier molecular flexibility index (Phi) is 7.94.